The van der Waals surface area contributed by atoms with Gasteiger partial charge in [0.25, 0.3) is 0 Å². The fourth-order valence-electron chi connectivity index (χ4n) is 4.08. The van der Waals surface area contributed by atoms with Gasteiger partial charge in [-0.05, 0) is 85.5 Å². The summed E-state index contributed by atoms with van der Waals surface area (Å²) in [5.74, 6) is 0.126. The van der Waals surface area contributed by atoms with E-state index in [-0.39, 0.29) is 16.9 Å². The minimum Gasteiger partial charge on any atom is -0.312 e. The van der Waals surface area contributed by atoms with Crippen LogP contribution in [0.5, 0.6) is 0 Å². The molecular formula is C26H24N4O2S3. The van der Waals surface area contributed by atoms with Crippen molar-refractivity contribution in [2.75, 3.05) is 11.4 Å². The summed E-state index contributed by atoms with van der Waals surface area (Å²) in [6, 6.07) is 11.4. The van der Waals surface area contributed by atoms with Gasteiger partial charge in [-0.25, -0.2) is 4.98 Å². The van der Waals surface area contributed by atoms with Gasteiger partial charge in [0.15, 0.2) is 5.78 Å². The molecular weight excluding hydrogens is 497 g/mol. The maximum atomic E-state index is 13.1. The van der Waals surface area contributed by atoms with Gasteiger partial charge < -0.3 is 4.90 Å². The summed E-state index contributed by atoms with van der Waals surface area (Å²) in [6.45, 7) is 6.72. The van der Waals surface area contributed by atoms with Crippen LogP contribution in [0.15, 0.2) is 52.3 Å². The lowest BCUT2D eigenvalue weighted by atomic mass is 10.1. The molecule has 0 bridgehead atoms. The Morgan fingerprint density at radius 1 is 0.971 bits per heavy atom. The molecule has 6 nitrogen and oxygen atoms in total. The van der Waals surface area contributed by atoms with E-state index in [0.717, 1.165) is 50.9 Å². The van der Waals surface area contributed by atoms with Crippen molar-refractivity contribution in [2.45, 2.75) is 44.0 Å². The standard InChI is InChI=1S/C26H24N4O2S3/c1-15-10-13-33-24(15)21-22(25-16(2)11-14-34-25)28-29-26(27-21)35-17(3)23(32)18-6-8-19(9-7-18)30-12-4-5-20(30)31/h6-11,13-14,17H,4-5,12H2,1-3H3/t17-/m0/s1. The molecule has 1 fully saturated rings. The number of benzene rings is 1. The fraction of sp³-hybridized carbons (Fsp3) is 0.269. The summed E-state index contributed by atoms with van der Waals surface area (Å²) in [5.41, 5.74) is 5.31. The Balaban J connectivity index is 1.39. The van der Waals surface area contributed by atoms with Crippen LogP contribution in [0.25, 0.3) is 21.1 Å². The average Bonchev–Trinajstić information content (AvgIpc) is 3.60. The number of ketones is 1. The van der Waals surface area contributed by atoms with Crippen LogP contribution in [-0.2, 0) is 4.79 Å². The molecule has 0 aliphatic carbocycles. The van der Waals surface area contributed by atoms with E-state index in [9.17, 15) is 9.59 Å². The molecule has 1 aromatic carbocycles. The first kappa shape index (κ1) is 23.8. The molecule has 4 heterocycles. The number of aryl methyl sites for hydroxylation is 2. The number of carbonyl (C=O) groups excluding carboxylic acids is 2. The first-order valence-electron chi connectivity index (χ1n) is 11.4. The molecule has 9 heteroatoms. The summed E-state index contributed by atoms with van der Waals surface area (Å²) in [5, 5.41) is 13.1. The molecule has 1 aliphatic heterocycles. The van der Waals surface area contributed by atoms with Gasteiger partial charge >= 0.3 is 0 Å². The second-order valence-electron chi connectivity index (χ2n) is 8.48. The van der Waals surface area contributed by atoms with E-state index < -0.39 is 0 Å². The third-order valence-corrected chi connectivity index (χ3v) is 9.01. The van der Waals surface area contributed by atoms with Crippen LogP contribution in [0.2, 0.25) is 0 Å². The number of Topliss-reactive ketones (excluding diaryl/α,β-unsaturated/α-hetero) is 1. The summed E-state index contributed by atoms with van der Waals surface area (Å²) in [7, 11) is 0. The largest absolute Gasteiger partial charge is 0.312 e. The zero-order valence-corrected chi connectivity index (χ0v) is 22.1. The highest BCUT2D eigenvalue weighted by Crippen LogP contribution is 2.38. The van der Waals surface area contributed by atoms with Crippen LogP contribution in [0.1, 0.15) is 41.3 Å². The van der Waals surface area contributed by atoms with Crippen LogP contribution >= 0.6 is 34.4 Å². The van der Waals surface area contributed by atoms with Gasteiger partial charge in [0.1, 0.15) is 11.4 Å². The number of rotatable bonds is 7. The van der Waals surface area contributed by atoms with E-state index in [0.29, 0.717) is 17.1 Å². The van der Waals surface area contributed by atoms with Gasteiger partial charge in [0.05, 0.1) is 15.0 Å². The van der Waals surface area contributed by atoms with Gasteiger partial charge in [-0.3, -0.25) is 9.59 Å². The third-order valence-electron chi connectivity index (χ3n) is 6.01. The predicted molar refractivity (Wildman–Crippen MR) is 144 cm³/mol. The van der Waals surface area contributed by atoms with E-state index in [1.165, 1.54) is 11.8 Å². The molecule has 0 unspecified atom stereocenters. The maximum Gasteiger partial charge on any atom is 0.227 e. The number of hydrogen-bond donors (Lipinski definition) is 0. The Bertz CT molecular complexity index is 1390. The van der Waals surface area contributed by atoms with Crippen molar-refractivity contribution in [2.24, 2.45) is 0 Å². The molecule has 0 saturated carbocycles. The van der Waals surface area contributed by atoms with Gasteiger partial charge in [-0.2, -0.15) is 0 Å². The number of thioether (sulfide) groups is 1. The van der Waals surface area contributed by atoms with Gasteiger partial charge in [0, 0.05) is 24.2 Å². The predicted octanol–water partition coefficient (Wildman–Crippen LogP) is 6.44. The van der Waals surface area contributed by atoms with Crippen molar-refractivity contribution in [1.82, 2.24) is 15.2 Å². The molecule has 3 aromatic heterocycles. The van der Waals surface area contributed by atoms with Crippen LogP contribution < -0.4 is 4.90 Å². The summed E-state index contributed by atoms with van der Waals surface area (Å²) in [6.07, 6.45) is 1.46. The molecule has 1 saturated heterocycles. The monoisotopic (exact) mass is 520 g/mol. The molecule has 1 aliphatic rings. The molecule has 178 valence electrons. The molecule has 1 amide bonds. The number of aromatic nitrogens is 3. The highest BCUT2D eigenvalue weighted by Gasteiger charge is 2.24. The van der Waals surface area contributed by atoms with Gasteiger partial charge in [-0.15, -0.1) is 32.9 Å². The molecule has 0 N–H and O–H groups in total. The fourth-order valence-corrected chi connectivity index (χ4v) is 6.69. The van der Waals surface area contributed by atoms with Crippen molar-refractivity contribution in [1.29, 1.82) is 0 Å². The van der Waals surface area contributed by atoms with Crippen LogP contribution in [-0.4, -0.2) is 38.7 Å². The van der Waals surface area contributed by atoms with Gasteiger partial charge in [-0.1, -0.05) is 11.8 Å². The van der Waals surface area contributed by atoms with E-state index in [2.05, 4.69) is 41.6 Å². The van der Waals surface area contributed by atoms with Crippen molar-refractivity contribution in [3.63, 3.8) is 0 Å². The Kier molecular flexibility index (Phi) is 6.82. The zero-order valence-electron chi connectivity index (χ0n) is 19.6. The smallest absolute Gasteiger partial charge is 0.227 e. The highest BCUT2D eigenvalue weighted by atomic mass is 32.2. The molecule has 1 atom stereocenters. The van der Waals surface area contributed by atoms with E-state index >= 15 is 0 Å². The first-order valence-corrected chi connectivity index (χ1v) is 14.0. The summed E-state index contributed by atoms with van der Waals surface area (Å²) < 4.78 is 0. The normalized spacial score (nSPS) is 14.5. The lowest BCUT2D eigenvalue weighted by Gasteiger charge is -2.16. The number of anilines is 1. The average molecular weight is 521 g/mol. The molecule has 4 aromatic rings. The van der Waals surface area contributed by atoms with Crippen LogP contribution in [0.3, 0.4) is 0 Å². The number of nitrogens with zero attached hydrogens (tertiary/aromatic N) is 4. The minimum absolute atomic E-state index is 0.00932. The first-order chi connectivity index (χ1) is 16.9. The Hall–Kier alpha value is -2.88. The SMILES string of the molecule is Cc1ccsc1-c1nnc(S[C@@H](C)C(=O)c2ccc(N3CCCC3=O)cc2)nc1-c1sccc1C. The second kappa shape index (κ2) is 10.0. The zero-order chi connectivity index (χ0) is 24.5. The number of hydrogen-bond acceptors (Lipinski definition) is 8. The number of thiophene rings is 2. The third kappa shape index (κ3) is 4.80. The van der Waals surface area contributed by atoms with Crippen molar-refractivity contribution in [3.05, 3.63) is 63.8 Å². The maximum absolute atomic E-state index is 13.1. The lowest BCUT2D eigenvalue weighted by Crippen LogP contribution is -2.23. The summed E-state index contributed by atoms with van der Waals surface area (Å²) in [4.78, 5) is 33.9. The number of carbonyl (C=O) groups is 2. The molecule has 0 radical (unpaired) electrons. The quantitative estimate of drug-likeness (QED) is 0.206. The summed E-state index contributed by atoms with van der Waals surface area (Å²) >= 11 is 4.57. The Labute approximate surface area is 216 Å². The Morgan fingerprint density at radius 3 is 2.20 bits per heavy atom. The molecule has 5 rings (SSSR count). The molecule has 0 spiro atoms. The number of amides is 1. The van der Waals surface area contributed by atoms with Crippen molar-refractivity contribution >= 4 is 51.8 Å². The van der Waals surface area contributed by atoms with Crippen LogP contribution in [0.4, 0.5) is 5.69 Å². The van der Waals surface area contributed by atoms with Gasteiger partial charge in [0.2, 0.25) is 11.1 Å². The van der Waals surface area contributed by atoms with Crippen molar-refractivity contribution in [3.8, 4) is 21.1 Å². The lowest BCUT2D eigenvalue weighted by molar-refractivity contribution is -0.117. The topological polar surface area (TPSA) is 76.1 Å². The van der Waals surface area contributed by atoms with Crippen molar-refractivity contribution < 1.29 is 9.59 Å². The van der Waals surface area contributed by atoms with Crippen LogP contribution in [0, 0.1) is 13.8 Å². The second-order valence-corrected chi connectivity index (χ2v) is 11.6. The van der Waals surface area contributed by atoms with E-state index in [1.54, 1.807) is 39.7 Å². The van der Waals surface area contributed by atoms with E-state index in [1.807, 2.05) is 24.4 Å². The highest BCUT2D eigenvalue weighted by molar-refractivity contribution is 8.00. The van der Waals surface area contributed by atoms with E-state index in [4.69, 9.17) is 4.98 Å². The molecule has 35 heavy (non-hydrogen) atoms. The Morgan fingerprint density at radius 2 is 1.63 bits per heavy atom. The minimum atomic E-state index is -0.386.